The van der Waals surface area contributed by atoms with Gasteiger partial charge in [-0.3, -0.25) is 4.57 Å². The number of ether oxygens (including phenoxy) is 1. The van der Waals surface area contributed by atoms with Crippen molar-refractivity contribution in [3.63, 3.8) is 0 Å². The van der Waals surface area contributed by atoms with Crippen molar-refractivity contribution >= 4 is 27.8 Å². The van der Waals surface area contributed by atoms with Gasteiger partial charge in [0.25, 0.3) is 0 Å². The predicted molar refractivity (Wildman–Crippen MR) is 110 cm³/mol. The third-order valence-electron chi connectivity index (χ3n) is 5.48. The van der Waals surface area contributed by atoms with Crippen LogP contribution in [0.4, 0.5) is 5.82 Å². The maximum atomic E-state index is 10.3. The molecule has 2 aromatic heterocycles. The summed E-state index contributed by atoms with van der Waals surface area (Å²) in [7, 11) is 0. The number of hydrogen-bond acceptors (Lipinski definition) is 8. The Hall–Kier alpha value is -3.11. The van der Waals surface area contributed by atoms with Crippen LogP contribution in [0.3, 0.4) is 0 Å². The van der Waals surface area contributed by atoms with E-state index in [9.17, 15) is 15.3 Å². The third kappa shape index (κ3) is 3.08. The van der Waals surface area contributed by atoms with Crippen molar-refractivity contribution in [3.05, 3.63) is 60.7 Å². The molecule has 0 radical (unpaired) electrons. The van der Waals surface area contributed by atoms with E-state index in [1.807, 2.05) is 18.2 Å². The third-order valence-corrected chi connectivity index (χ3v) is 5.48. The Balaban J connectivity index is 1.44. The average Bonchev–Trinajstić information content (AvgIpc) is 3.33. The van der Waals surface area contributed by atoms with Crippen LogP contribution in [0, 0.1) is 0 Å². The summed E-state index contributed by atoms with van der Waals surface area (Å²) in [6.45, 7) is 0.155. The first-order valence-electron chi connectivity index (χ1n) is 9.68. The van der Waals surface area contributed by atoms with Gasteiger partial charge >= 0.3 is 0 Å². The Morgan fingerprint density at radius 1 is 1.00 bits per heavy atom. The largest absolute Gasteiger partial charge is 0.394 e. The number of hydrogen-bond donors (Lipinski definition) is 4. The molecule has 3 heterocycles. The van der Waals surface area contributed by atoms with Crippen molar-refractivity contribution in [2.75, 3.05) is 11.9 Å². The number of rotatable bonds is 5. The molecule has 0 amide bonds. The van der Waals surface area contributed by atoms with Gasteiger partial charge in [0.15, 0.2) is 23.2 Å². The van der Waals surface area contributed by atoms with Crippen LogP contribution in [0.15, 0.2) is 55.1 Å². The van der Waals surface area contributed by atoms with Gasteiger partial charge in [0.1, 0.15) is 24.6 Å². The number of imidazole rings is 1. The monoisotopic (exact) mass is 407 g/mol. The summed E-state index contributed by atoms with van der Waals surface area (Å²) >= 11 is 0. The quantitative estimate of drug-likeness (QED) is 0.389. The van der Waals surface area contributed by atoms with E-state index < -0.39 is 31.1 Å². The average molecular weight is 407 g/mol. The van der Waals surface area contributed by atoms with Crippen LogP contribution in [-0.2, 0) is 11.3 Å². The number of nitrogens with one attached hydrogen (secondary N) is 1. The van der Waals surface area contributed by atoms with E-state index >= 15 is 0 Å². The second-order valence-corrected chi connectivity index (χ2v) is 7.27. The van der Waals surface area contributed by atoms with E-state index in [-0.39, 0.29) is 0 Å². The first kappa shape index (κ1) is 18.9. The number of anilines is 1. The number of aliphatic hydroxyl groups excluding tert-OH is 3. The summed E-state index contributed by atoms with van der Waals surface area (Å²) in [6, 6.07) is 14.3. The van der Waals surface area contributed by atoms with Crippen LogP contribution >= 0.6 is 0 Å². The lowest BCUT2D eigenvalue weighted by Gasteiger charge is -2.16. The molecule has 5 rings (SSSR count). The zero-order valence-electron chi connectivity index (χ0n) is 16.0. The second kappa shape index (κ2) is 7.62. The molecule has 30 heavy (non-hydrogen) atoms. The summed E-state index contributed by atoms with van der Waals surface area (Å²) in [5.41, 5.74) is 2.11. The SMILES string of the molecule is OC[C@H]1O[C@@H](n2cnc3c(NCc4cccc5ccccc45)ncnc32)C(O)C1O. The Morgan fingerprint density at radius 3 is 2.67 bits per heavy atom. The molecular formula is C21H21N5O4. The van der Waals surface area contributed by atoms with Gasteiger partial charge in [-0.1, -0.05) is 42.5 Å². The van der Waals surface area contributed by atoms with E-state index in [2.05, 4.69) is 44.5 Å². The maximum Gasteiger partial charge on any atom is 0.167 e. The molecule has 9 nitrogen and oxygen atoms in total. The van der Waals surface area contributed by atoms with E-state index in [0.29, 0.717) is 23.5 Å². The van der Waals surface area contributed by atoms with Crippen molar-refractivity contribution < 1.29 is 20.1 Å². The van der Waals surface area contributed by atoms with E-state index in [1.54, 1.807) is 4.57 Å². The molecule has 2 unspecified atom stereocenters. The number of nitrogens with zero attached hydrogens (tertiary/aromatic N) is 4. The van der Waals surface area contributed by atoms with Gasteiger partial charge < -0.3 is 25.4 Å². The number of benzene rings is 2. The van der Waals surface area contributed by atoms with Crippen molar-refractivity contribution in [2.24, 2.45) is 0 Å². The van der Waals surface area contributed by atoms with Gasteiger partial charge in [-0.2, -0.15) is 0 Å². The highest BCUT2D eigenvalue weighted by Crippen LogP contribution is 2.32. The Kier molecular flexibility index (Phi) is 4.80. The number of fused-ring (bicyclic) bond motifs is 2. The second-order valence-electron chi connectivity index (χ2n) is 7.27. The minimum Gasteiger partial charge on any atom is -0.394 e. The molecule has 1 aliphatic heterocycles. The smallest absolute Gasteiger partial charge is 0.167 e. The van der Waals surface area contributed by atoms with Crippen LogP contribution in [0.2, 0.25) is 0 Å². The van der Waals surface area contributed by atoms with Gasteiger partial charge in [-0.05, 0) is 16.3 Å². The highest BCUT2D eigenvalue weighted by atomic mass is 16.6. The molecule has 4 aromatic rings. The van der Waals surface area contributed by atoms with Crippen molar-refractivity contribution in [1.29, 1.82) is 0 Å². The molecular weight excluding hydrogens is 386 g/mol. The van der Waals surface area contributed by atoms with Crippen molar-refractivity contribution in [3.8, 4) is 0 Å². The number of aliphatic hydroxyl groups is 3. The topological polar surface area (TPSA) is 126 Å². The van der Waals surface area contributed by atoms with Gasteiger partial charge in [-0.15, -0.1) is 0 Å². The van der Waals surface area contributed by atoms with E-state index in [1.165, 1.54) is 18.0 Å². The molecule has 0 saturated carbocycles. The Morgan fingerprint density at radius 2 is 1.83 bits per heavy atom. The van der Waals surface area contributed by atoms with E-state index in [4.69, 9.17) is 4.74 Å². The molecule has 1 fully saturated rings. The first-order chi connectivity index (χ1) is 14.7. The Labute approximate surface area is 171 Å². The highest BCUT2D eigenvalue weighted by molar-refractivity contribution is 5.86. The van der Waals surface area contributed by atoms with Gasteiger partial charge in [-0.25, -0.2) is 15.0 Å². The molecule has 4 atom stereocenters. The fourth-order valence-corrected chi connectivity index (χ4v) is 3.90. The lowest BCUT2D eigenvalue weighted by atomic mass is 10.0. The van der Waals surface area contributed by atoms with Crippen LogP contribution in [0.1, 0.15) is 11.8 Å². The Bertz CT molecular complexity index is 1190. The lowest BCUT2D eigenvalue weighted by Crippen LogP contribution is -2.33. The molecule has 154 valence electrons. The molecule has 0 bridgehead atoms. The zero-order chi connectivity index (χ0) is 20.7. The summed E-state index contributed by atoms with van der Waals surface area (Å²) in [4.78, 5) is 13.0. The lowest BCUT2D eigenvalue weighted by molar-refractivity contribution is -0.0511. The summed E-state index contributed by atoms with van der Waals surface area (Å²) in [5.74, 6) is 0.554. The summed E-state index contributed by atoms with van der Waals surface area (Å²) < 4.78 is 7.14. The normalized spacial score (nSPS) is 24.0. The molecule has 4 N–H and O–H groups in total. The van der Waals surface area contributed by atoms with E-state index in [0.717, 1.165) is 10.9 Å². The van der Waals surface area contributed by atoms with Crippen LogP contribution in [0.5, 0.6) is 0 Å². The molecule has 0 aliphatic carbocycles. The predicted octanol–water partition coefficient (Wildman–Crippen LogP) is 1.20. The van der Waals surface area contributed by atoms with Crippen LogP contribution in [0.25, 0.3) is 21.9 Å². The van der Waals surface area contributed by atoms with Gasteiger partial charge in [0.2, 0.25) is 0 Å². The molecule has 1 saturated heterocycles. The van der Waals surface area contributed by atoms with Crippen molar-refractivity contribution in [1.82, 2.24) is 19.5 Å². The summed E-state index contributed by atoms with van der Waals surface area (Å²) in [5, 5.41) is 35.3. The first-order valence-corrected chi connectivity index (χ1v) is 9.68. The zero-order valence-corrected chi connectivity index (χ0v) is 16.0. The van der Waals surface area contributed by atoms with Crippen LogP contribution < -0.4 is 5.32 Å². The fraction of sp³-hybridized carbons (Fsp3) is 0.286. The fourth-order valence-electron chi connectivity index (χ4n) is 3.90. The molecule has 0 spiro atoms. The summed E-state index contributed by atoms with van der Waals surface area (Å²) in [6.07, 6.45) is -1.27. The maximum absolute atomic E-state index is 10.3. The molecule has 9 heteroatoms. The minimum atomic E-state index is -1.21. The number of aromatic nitrogens is 4. The highest BCUT2D eigenvalue weighted by Gasteiger charge is 2.44. The molecule has 2 aromatic carbocycles. The van der Waals surface area contributed by atoms with Gasteiger partial charge in [0, 0.05) is 6.54 Å². The standard InChI is InChI=1S/C21H21N5O4/c27-9-15-17(28)18(29)21(30-15)26-11-25-16-19(23-10-24-20(16)26)22-8-13-6-3-5-12-4-1-2-7-14(12)13/h1-7,10-11,15,17-18,21,27-29H,8-9H2,(H,22,23,24)/t15-,17?,18?,21-/m1/s1. The van der Waals surface area contributed by atoms with Gasteiger partial charge in [0.05, 0.1) is 12.9 Å². The minimum absolute atomic E-state index is 0.395. The molecule has 1 aliphatic rings. The van der Waals surface area contributed by atoms with Crippen molar-refractivity contribution in [2.45, 2.75) is 31.1 Å². The van der Waals surface area contributed by atoms with Crippen LogP contribution in [-0.4, -0.2) is 59.8 Å².